The number of carbonyl (C=O) groups excluding carboxylic acids is 1. The fourth-order valence-electron chi connectivity index (χ4n) is 2.54. The summed E-state index contributed by atoms with van der Waals surface area (Å²) in [4.78, 5) is 25.3. The zero-order chi connectivity index (χ0) is 15.4. The highest BCUT2D eigenvalue weighted by molar-refractivity contribution is 5.98. The van der Waals surface area contributed by atoms with E-state index in [0.29, 0.717) is 24.4 Å². The van der Waals surface area contributed by atoms with Gasteiger partial charge in [-0.1, -0.05) is 0 Å². The average molecular weight is 293 g/mol. The van der Waals surface area contributed by atoms with E-state index >= 15 is 0 Å². The van der Waals surface area contributed by atoms with E-state index in [4.69, 9.17) is 9.84 Å². The number of amides is 1. The number of nitrogens with zero attached hydrogens (tertiary/aromatic N) is 1. The van der Waals surface area contributed by atoms with Crippen LogP contribution in [0.1, 0.15) is 33.6 Å². The number of aliphatic hydroxyl groups excluding tert-OH is 1. The molecule has 0 saturated carbocycles. The van der Waals surface area contributed by atoms with Crippen LogP contribution >= 0.6 is 0 Å². The quantitative estimate of drug-likeness (QED) is 0.872. The Labute approximate surface area is 122 Å². The van der Waals surface area contributed by atoms with Crippen LogP contribution in [0.25, 0.3) is 0 Å². The molecule has 6 heteroatoms. The topological polar surface area (TPSA) is 87.1 Å². The Morgan fingerprint density at radius 3 is 2.67 bits per heavy atom. The number of hydrogen-bond acceptors (Lipinski definition) is 4. The van der Waals surface area contributed by atoms with E-state index in [1.807, 2.05) is 0 Å². The van der Waals surface area contributed by atoms with Crippen LogP contribution in [0.2, 0.25) is 0 Å². The number of benzene rings is 1. The Morgan fingerprint density at radius 2 is 2.05 bits per heavy atom. The average Bonchev–Trinajstić information content (AvgIpc) is 2.53. The molecule has 2 N–H and O–H groups in total. The molecule has 1 aromatic rings. The van der Waals surface area contributed by atoms with E-state index in [2.05, 4.69) is 0 Å². The van der Waals surface area contributed by atoms with E-state index in [9.17, 15) is 14.7 Å². The number of aromatic carboxylic acids is 1. The Balaban J connectivity index is 2.25. The first-order valence-corrected chi connectivity index (χ1v) is 6.87. The molecule has 0 radical (unpaired) electrons. The van der Waals surface area contributed by atoms with Crippen molar-refractivity contribution in [3.8, 4) is 5.75 Å². The van der Waals surface area contributed by atoms with Crippen LogP contribution in [0.15, 0.2) is 18.2 Å². The number of ether oxygens (including phenoxy) is 1. The van der Waals surface area contributed by atoms with Crippen LogP contribution in [-0.2, 0) is 0 Å². The molecular weight excluding hydrogens is 274 g/mol. The summed E-state index contributed by atoms with van der Waals surface area (Å²) in [7, 11) is 1.43. The monoisotopic (exact) mass is 293 g/mol. The number of methoxy groups -OCH3 is 1. The van der Waals surface area contributed by atoms with Crippen molar-refractivity contribution in [3.63, 3.8) is 0 Å². The number of carboxylic acids is 1. The number of hydrogen-bond donors (Lipinski definition) is 2. The minimum atomic E-state index is -1.10. The van der Waals surface area contributed by atoms with Crippen molar-refractivity contribution in [2.24, 2.45) is 5.92 Å². The van der Waals surface area contributed by atoms with E-state index in [-0.39, 0.29) is 24.0 Å². The normalized spacial score (nSPS) is 18.4. The largest absolute Gasteiger partial charge is 0.497 e. The lowest BCUT2D eigenvalue weighted by Crippen LogP contribution is -2.41. The molecule has 1 saturated heterocycles. The number of rotatable bonds is 4. The summed E-state index contributed by atoms with van der Waals surface area (Å²) >= 11 is 0. The van der Waals surface area contributed by atoms with Crippen LogP contribution in [0.4, 0.5) is 0 Å². The summed E-state index contributed by atoms with van der Waals surface area (Å²) in [5.74, 6) is -0.898. The second kappa shape index (κ2) is 6.58. The molecule has 1 amide bonds. The predicted molar refractivity (Wildman–Crippen MR) is 75.7 cm³/mol. The minimum Gasteiger partial charge on any atom is -0.497 e. The second-order valence-corrected chi connectivity index (χ2v) is 5.20. The van der Waals surface area contributed by atoms with Crippen LogP contribution in [0.3, 0.4) is 0 Å². The highest BCUT2D eigenvalue weighted by Crippen LogP contribution is 2.22. The molecule has 1 aliphatic rings. The van der Waals surface area contributed by atoms with E-state index in [0.717, 1.165) is 12.8 Å². The van der Waals surface area contributed by atoms with Crippen molar-refractivity contribution < 1.29 is 24.5 Å². The van der Waals surface area contributed by atoms with Gasteiger partial charge in [0.25, 0.3) is 5.91 Å². The molecule has 2 rings (SSSR count). The minimum absolute atomic E-state index is 0.0217. The maximum atomic E-state index is 12.5. The number of likely N-dealkylation sites (tertiary alicyclic amines) is 1. The summed E-state index contributed by atoms with van der Waals surface area (Å²) in [6.45, 7) is 1.17. The first-order valence-electron chi connectivity index (χ1n) is 6.87. The van der Waals surface area contributed by atoms with Crippen molar-refractivity contribution in [2.45, 2.75) is 12.8 Å². The standard InChI is InChI=1S/C15H19NO5/c1-21-13-6-11(5-12(7-13)15(19)20)14(18)16-4-2-3-10(8-16)9-17/h5-7,10,17H,2-4,8-9H2,1H3,(H,19,20)/t10-/m1/s1. The summed E-state index contributed by atoms with van der Waals surface area (Å²) in [5, 5.41) is 18.3. The van der Waals surface area contributed by atoms with Crippen LogP contribution in [0, 0.1) is 5.92 Å². The van der Waals surface area contributed by atoms with E-state index in [1.54, 1.807) is 4.90 Å². The third kappa shape index (κ3) is 3.52. The second-order valence-electron chi connectivity index (χ2n) is 5.20. The van der Waals surface area contributed by atoms with Crippen LogP contribution in [0.5, 0.6) is 5.75 Å². The molecule has 1 aromatic carbocycles. The molecule has 114 valence electrons. The summed E-state index contributed by atoms with van der Waals surface area (Å²) in [6.07, 6.45) is 1.74. The molecule has 0 bridgehead atoms. The maximum absolute atomic E-state index is 12.5. The van der Waals surface area contributed by atoms with Crippen molar-refractivity contribution in [2.75, 3.05) is 26.8 Å². The Bertz CT molecular complexity index is 543. The Hall–Kier alpha value is -2.08. The molecule has 1 heterocycles. The van der Waals surface area contributed by atoms with Gasteiger partial charge in [-0.05, 0) is 37.0 Å². The molecule has 0 unspecified atom stereocenters. The lowest BCUT2D eigenvalue weighted by molar-refractivity contribution is 0.0620. The lowest BCUT2D eigenvalue weighted by atomic mass is 9.98. The van der Waals surface area contributed by atoms with Gasteiger partial charge in [0.15, 0.2) is 0 Å². The fraction of sp³-hybridized carbons (Fsp3) is 0.467. The van der Waals surface area contributed by atoms with Crippen LogP contribution < -0.4 is 4.74 Å². The molecular formula is C15H19NO5. The summed E-state index contributed by atoms with van der Waals surface area (Å²) < 4.78 is 5.05. The molecule has 21 heavy (non-hydrogen) atoms. The zero-order valence-corrected chi connectivity index (χ0v) is 11.9. The van der Waals surface area contributed by atoms with Gasteiger partial charge >= 0.3 is 5.97 Å². The van der Waals surface area contributed by atoms with Crippen molar-refractivity contribution in [1.82, 2.24) is 4.90 Å². The number of piperidine rings is 1. The van der Waals surface area contributed by atoms with Crippen molar-refractivity contribution in [3.05, 3.63) is 29.3 Å². The number of carboxylic acid groups (broad SMARTS) is 1. The van der Waals surface area contributed by atoms with Gasteiger partial charge < -0.3 is 19.8 Å². The van der Waals surface area contributed by atoms with E-state index in [1.165, 1.54) is 25.3 Å². The smallest absolute Gasteiger partial charge is 0.335 e. The molecule has 0 spiro atoms. The van der Waals surface area contributed by atoms with Gasteiger partial charge in [0, 0.05) is 25.3 Å². The van der Waals surface area contributed by atoms with Gasteiger partial charge in [-0.15, -0.1) is 0 Å². The SMILES string of the molecule is COc1cc(C(=O)O)cc(C(=O)N2CCC[C@@H](CO)C2)c1. The van der Waals surface area contributed by atoms with Gasteiger partial charge in [-0.3, -0.25) is 4.79 Å². The predicted octanol–water partition coefficient (Wildman–Crippen LogP) is 1.24. The molecule has 6 nitrogen and oxygen atoms in total. The molecule has 0 aliphatic carbocycles. The lowest BCUT2D eigenvalue weighted by Gasteiger charge is -2.32. The summed E-state index contributed by atoms with van der Waals surface area (Å²) in [5.41, 5.74) is 0.318. The summed E-state index contributed by atoms with van der Waals surface area (Å²) in [6, 6.07) is 4.28. The fourth-order valence-corrected chi connectivity index (χ4v) is 2.54. The Kier molecular flexibility index (Phi) is 4.80. The Morgan fingerprint density at radius 1 is 1.33 bits per heavy atom. The highest BCUT2D eigenvalue weighted by atomic mass is 16.5. The third-order valence-corrected chi connectivity index (χ3v) is 3.70. The maximum Gasteiger partial charge on any atom is 0.335 e. The van der Waals surface area contributed by atoms with E-state index < -0.39 is 5.97 Å². The number of carbonyl (C=O) groups is 2. The molecule has 1 aliphatic heterocycles. The number of aliphatic hydroxyl groups is 1. The van der Waals surface area contributed by atoms with Crippen LogP contribution in [-0.4, -0.2) is 53.8 Å². The molecule has 0 aromatic heterocycles. The van der Waals surface area contributed by atoms with Gasteiger partial charge in [-0.25, -0.2) is 4.79 Å². The van der Waals surface area contributed by atoms with Crippen molar-refractivity contribution in [1.29, 1.82) is 0 Å². The van der Waals surface area contributed by atoms with Gasteiger partial charge in [0.1, 0.15) is 5.75 Å². The van der Waals surface area contributed by atoms with Gasteiger partial charge in [0.05, 0.1) is 12.7 Å². The van der Waals surface area contributed by atoms with Crippen molar-refractivity contribution >= 4 is 11.9 Å². The zero-order valence-electron chi connectivity index (χ0n) is 11.9. The van der Waals surface area contributed by atoms with Gasteiger partial charge in [0.2, 0.25) is 0 Å². The first kappa shape index (κ1) is 15.3. The first-order chi connectivity index (χ1) is 10.0. The van der Waals surface area contributed by atoms with Gasteiger partial charge in [-0.2, -0.15) is 0 Å². The highest BCUT2D eigenvalue weighted by Gasteiger charge is 2.25. The molecule has 1 fully saturated rings. The molecule has 1 atom stereocenters. The third-order valence-electron chi connectivity index (χ3n) is 3.70.